The Balaban J connectivity index is 1.83. The first-order valence-corrected chi connectivity index (χ1v) is 7.43. The molecule has 110 valence electrons. The average Bonchev–Trinajstić information content (AvgIpc) is 2.56. The lowest BCUT2D eigenvalue weighted by molar-refractivity contribution is 0.0668. The van der Waals surface area contributed by atoms with Crippen molar-refractivity contribution in [1.82, 2.24) is 0 Å². The summed E-state index contributed by atoms with van der Waals surface area (Å²) in [6, 6.07) is 16.5. The van der Waals surface area contributed by atoms with Gasteiger partial charge in [-0.05, 0) is 42.0 Å². The molecule has 2 aromatic rings. The van der Waals surface area contributed by atoms with Crippen LogP contribution in [-0.4, -0.2) is 16.5 Å². The van der Waals surface area contributed by atoms with Crippen LogP contribution in [0.25, 0.3) is 0 Å². The number of benzene rings is 2. The van der Waals surface area contributed by atoms with Crippen LogP contribution in [0.5, 0.6) is 0 Å². The third kappa shape index (κ3) is 2.89. The fourth-order valence-electron chi connectivity index (χ4n) is 2.50. The first-order chi connectivity index (χ1) is 10.6. The molecule has 1 aliphatic rings. The van der Waals surface area contributed by atoms with Crippen LogP contribution in [0.4, 0.5) is 0 Å². The van der Waals surface area contributed by atoms with Crippen molar-refractivity contribution in [3.63, 3.8) is 0 Å². The summed E-state index contributed by atoms with van der Waals surface area (Å²) in [5, 5.41) is 11.1. The Morgan fingerprint density at radius 3 is 2.14 bits per heavy atom. The summed E-state index contributed by atoms with van der Waals surface area (Å²) in [5.74, 6) is -0.289. The quantitative estimate of drug-likeness (QED) is 0.682. The second-order valence-electron chi connectivity index (χ2n) is 5.32. The van der Waals surface area contributed by atoms with Crippen molar-refractivity contribution < 1.29 is 9.90 Å². The van der Waals surface area contributed by atoms with E-state index in [4.69, 9.17) is 11.6 Å². The molecule has 3 rings (SSSR count). The normalized spacial score (nSPS) is 23.5. The minimum atomic E-state index is -1.60. The van der Waals surface area contributed by atoms with Crippen LogP contribution in [0.1, 0.15) is 21.8 Å². The number of ketones is 1. The maximum absolute atomic E-state index is 12.5. The minimum absolute atomic E-state index is 0.0690. The molecule has 0 saturated carbocycles. The molecule has 0 heterocycles. The summed E-state index contributed by atoms with van der Waals surface area (Å²) in [4.78, 5) is 12.5. The monoisotopic (exact) mass is 310 g/mol. The van der Waals surface area contributed by atoms with E-state index in [1.54, 1.807) is 36.4 Å². The molecule has 0 fully saturated rings. The highest BCUT2D eigenvalue weighted by atomic mass is 35.5. The molecule has 22 heavy (non-hydrogen) atoms. The lowest BCUT2D eigenvalue weighted by Crippen LogP contribution is -2.35. The van der Waals surface area contributed by atoms with Crippen LogP contribution in [0.15, 0.2) is 78.9 Å². The lowest BCUT2D eigenvalue weighted by atomic mass is 9.84. The van der Waals surface area contributed by atoms with Gasteiger partial charge in [-0.15, -0.1) is 0 Å². The van der Waals surface area contributed by atoms with E-state index in [0.29, 0.717) is 10.6 Å². The first kappa shape index (κ1) is 14.8. The van der Waals surface area contributed by atoms with Gasteiger partial charge in [0.05, 0.1) is 0 Å². The van der Waals surface area contributed by atoms with Gasteiger partial charge >= 0.3 is 0 Å². The van der Waals surface area contributed by atoms with E-state index in [-0.39, 0.29) is 11.7 Å². The number of aliphatic hydroxyl groups is 1. The standard InChI is InChI=1S/C19H15ClO2/c20-17-8-6-16(7-9-17)18(21)19(22)12-10-15(11-13-19)14-4-2-1-3-5-14/h1-13,15,22H. The van der Waals surface area contributed by atoms with Gasteiger partial charge in [-0.25, -0.2) is 0 Å². The summed E-state index contributed by atoms with van der Waals surface area (Å²) < 4.78 is 0. The lowest BCUT2D eigenvalue weighted by Gasteiger charge is -2.24. The molecule has 0 amide bonds. The SMILES string of the molecule is O=C(c1ccc(Cl)cc1)C1(O)C=CC(c2ccccc2)C=C1. The summed E-state index contributed by atoms with van der Waals surface area (Å²) >= 11 is 5.82. The summed E-state index contributed by atoms with van der Waals surface area (Å²) in [7, 11) is 0. The highest BCUT2D eigenvalue weighted by molar-refractivity contribution is 6.30. The van der Waals surface area contributed by atoms with Crippen molar-refractivity contribution in [1.29, 1.82) is 0 Å². The molecule has 0 atom stereocenters. The molecule has 2 nitrogen and oxygen atoms in total. The average molecular weight is 311 g/mol. The maximum atomic E-state index is 12.5. The molecular weight excluding hydrogens is 296 g/mol. The van der Waals surface area contributed by atoms with E-state index in [2.05, 4.69) is 0 Å². The van der Waals surface area contributed by atoms with Gasteiger partial charge < -0.3 is 5.11 Å². The third-order valence-electron chi connectivity index (χ3n) is 3.77. The Bertz CT molecular complexity index is 716. The fourth-order valence-corrected chi connectivity index (χ4v) is 2.63. The molecule has 3 heteroatoms. The van der Waals surface area contributed by atoms with Gasteiger partial charge in [0.15, 0.2) is 5.60 Å². The van der Waals surface area contributed by atoms with Crippen molar-refractivity contribution in [2.24, 2.45) is 0 Å². The molecule has 2 aromatic carbocycles. The highest BCUT2D eigenvalue weighted by Crippen LogP contribution is 2.29. The number of hydrogen-bond donors (Lipinski definition) is 1. The van der Waals surface area contributed by atoms with E-state index in [1.165, 1.54) is 0 Å². The van der Waals surface area contributed by atoms with Crippen LogP contribution in [0, 0.1) is 0 Å². The second-order valence-corrected chi connectivity index (χ2v) is 5.75. The molecule has 0 radical (unpaired) electrons. The molecule has 0 unspecified atom stereocenters. The smallest absolute Gasteiger partial charge is 0.202 e. The number of hydrogen-bond acceptors (Lipinski definition) is 2. The molecule has 0 bridgehead atoms. The molecule has 1 N–H and O–H groups in total. The van der Waals surface area contributed by atoms with Crippen molar-refractivity contribution in [2.45, 2.75) is 11.5 Å². The van der Waals surface area contributed by atoms with Gasteiger partial charge in [-0.3, -0.25) is 4.79 Å². The van der Waals surface area contributed by atoms with Gasteiger partial charge in [0.25, 0.3) is 0 Å². The van der Waals surface area contributed by atoms with Crippen molar-refractivity contribution >= 4 is 17.4 Å². The highest BCUT2D eigenvalue weighted by Gasteiger charge is 2.33. The van der Waals surface area contributed by atoms with Crippen molar-refractivity contribution in [3.05, 3.63) is 95.1 Å². The molecule has 0 spiro atoms. The largest absolute Gasteiger partial charge is 0.374 e. The number of halogens is 1. The fraction of sp³-hybridized carbons (Fsp3) is 0.105. The summed E-state index contributed by atoms with van der Waals surface area (Å²) in [5.41, 5.74) is -0.0469. The van der Waals surface area contributed by atoms with Gasteiger partial charge in [0.1, 0.15) is 0 Å². The molecule has 1 aliphatic carbocycles. The van der Waals surface area contributed by atoms with Crippen molar-refractivity contribution in [2.75, 3.05) is 0 Å². The number of Topliss-reactive ketones (excluding diaryl/α,β-unsaturated/α-hetero) is 1. The maximum Gasteiger partial charge on any atom is 0.202 e. The summed E-state index contributed by atoms with van der Waals surface area (Å²) in [6.07, 6.45) is 6.81. The van der Waals surface area contributed by atoms with Gasteiger partial charge in [0.2, 0.25) is 5.78 Å². The zero-order valence-electron chi connectivity index (χ0n) is 11.8. The van der Waals surface area contributed by atoms with Crippen LogP contribution in [0.3, 0.4) is 0 Å². The minimum Gasteiger partial charge on any atom is -0.374 e. The van der Waals surface area contributed by atoms with E-state index in [0.717, 1.165) is 5.56 Å². The number of carbonyl (C=O) groups excluding carboxylic acids is 1. The molecule has 0 aliphatic heterocycles. The van der Waals surface area contributed by atoms with E-state index < -0.39 is 5.60 Å². The van der Waals surface area contributed by atoms with Crippen LogP contribution in [0.2, 0.25) is 5.02 Å². The van der Waals surface area contributed by atoms with E-state index >= 15 is 0 Å². The van der Waals surface area contributed by atoms with Gasteiger partial charge in [-0.2, -0.15) is 0 Å². The van der Waals surface area contributed by atoms with E-state index in [1.807, 2.05) is 42.5 Å². The van der Waals surface area contributed by atoms with Crippen LogP contribution in [-0.2, 0) is 0 Å². The molecule has 0 saturated heterocycles. The van der Waals surface area contributed by atoms with Gasteiger partial charge in [-0.1, -0.05) is 54.1 Å². The predicted octanol–water partition coefficient (Wildman–Crippen LogP) is 4.16. The van der Waals surface area contributed by atoms with Crippen LogP contribution < -0.4 is 0 Å². The second kappa shape index (κ2) is 5.91. The molecular formula is C19H15ClO2. The number of rotatable bonds is 3. The predicted molar refractivity (Wildman–Crippen MR) is 88.2 cm³/mol. The van der Waals surface area contributed by atoms with Crippen molar-refractivity contribution in [3.8, 4) is 0 Å². The zero-order chi connectivity index (χ0) is 15.6. The Morgan fingerprint density at radius 2 is 1.55 bits per heavy atom. The van der Waals surface area contributed by atoms with Gasteiger partial charge in [0, 0.05) is 16.5 Å². The summed E-state index contributed by atoms with van der Waals surface area (Å²) in [6.45, 7) is 0. The number of allylic oxidation sites excluding steroid dienone is 2. The number of carbonyl (C=O) groups is 1. The zero-order valence-corrected chi connectivity index (χ0v) is 12.6. The van der Waals surface area contributed by atoms with E-state index in [9.17, 15) is 9.90 Å². The Hall–Kier alpha value is -2.16. The first-order valence-electron chi connectivity index (χ1n) is 7.05. The molecule has 0 aromatic heterocycles. The van der Waals surface area contributed by atoms with Crippen LogP contribution >= 0.6 is 11.6 Å². The Kier molecular flexibility index (Phi) is 3.97. The Labute approximate surface area is 134 Å². The third-order valence-corrected chi connectivity index (χ3v) is 4.02. The topological polar surface area (TPSA) is 37.3 Å². The Morgan fingerprint density at radius 1 is 0.955 bits per heavy atom.